The van der Waals surface area contributed by atoms with Gasteiger partial charge in [0.2, 0.25) is 0 Å². The summed E-state index contributed by atoms with van der Waals surface area (Å²) >= 11 is 0. The largest absolute Gasteiger partial charge is 0.479 e. The topological polar surface area (TPSA) is 95.9 Å². The van der Waals surface area contributed by atoms with E-state index in [1.165, 1.54) is 0 Å². The Balaban J connectivity index is 1.71. The molecule has 27 heavy (non-hydrogen) atoms. The smallest absolute Gasteiger partial charge is 0.407 e. The molecule has 142 valence electrons. The first kappa shape index (κ1) is 18.9. The highest BCUT2D eigenvalue weighted by molar-refractivity contribution is 5.79. The van der Waals surface area contributed by atoms with Crippen LogP contribution in [0.3, 0.4) is 0 Å². The number of carboxylic acids is 1. The maximum atomic E-state index is 12.2. The standard InChI is InChI=1S/C21H23NO5/c1-12(2)18(19(23)20(24)25)22-21(26)27-11-17-15-9-5-3-7-13(15)14-8-4-6-10-16(14)17/h3-10,12,17-19,23H,11H2,1-2H3,(H,22,26)(H,24,25)/t18-,19-/m0/s1. The number of carboxylic acid groups (broad SMARTS) is 1. The molecule has 2 aromatic rings. The van der Waals surface area contributed by atoms with Gasteiger partial charge in [-0.1, -0.05) is 62.4 Å². The van der Waals surface area contributed by atoms with Gasteiger partial charge in [0.25, 0.3) is 0 Å². The number of alkyl carbamates (subject to hydrolysis) is 1. The fourth-order valence-corrected chi connectivity index (χ4v) is 3.54. The minimum atomic E-state index is -1.69. The van der Waals surface area contributed by atoms with Crippen molar-refractivity contribution in [3.8, 4) is 11.1 Å². The minimum absolute atomic E-state index is 0.0787. The minimum Gasteiger partial charge on any atom is -0.479 e. The molecule has 0 spiro atoms. The number of carbonyl (C=O) groups excluding carboxylic acids is 1. The van der Waals surface area contributed by atoms with Gasteiger partial charge in [-0.2, -0.15) is 0 Å². The Hall–Kier alpha value is -2.86. The maximum Gasteiger partial charge on any atom is 0.407 e. The van der Waals surface area contributed by atoms with E-state index >= 15 is 0 Å². The van der Waals surface area contributed by atoms with Gasteiger partial charge in [-0.15, -0.1) is 0 Å². The van der Waals surface area contributed by atoms with Crippen molar-refractivity contribution in [2.75, 3.05) is 6.61 Å². The quantitative estimate of drug-likeness (QED) is 0.727. The van der Waals surface area contributed by atoms with Crippen molar-refractivity contribution in [3.05, 3.63) is 59.7 Å². The van der Waals surface area contributed by atoms with Gasteiger partial charge in [-0.05, 0) is 28.2 Å². The Morgan fingerprint density at radius 1 is 1.04 bits per heavy atom. The van der Waals surface area contributed by atoms with Crippen molar-refractivity contribution in [1.29, 1.82) is 0 Å². The van der Waals surface area contributed by atoms with Gasteiger partial charge in [-0.25, -0.2) is 9.59 Å². The van der Waals surface area contributed by atoms with Crippen LogP contribution in [0.15, 0.2) is 48.5 Å². The van der Waals surface area contributed by atoms with Crippen LogP contribution in [0.1, 0.15) is 30.9 Å². The molecule has 0 aromatic heterocycles. The maximum absolute atomic E-state index is 12.2. The second kappa shape index (κ2) is 7.80. The molecule has 3 N–H and O–H groups in total. The molecule has 1 aliphatic carbocycles. The molecule has 0 unspecified atom stereocenters. The molecule has 2 atom stereocenters. The number of benzene rings is 2. The van der Waals surface area contributed by atoms with Crippen LogP contribution in [-0.4, -0.2) is 41.0 Å². The van der Waals surface area contributed by atoms with E-state index < -0.39 is 24.2 Å². The molecule has 0 heterocycles. The fourth-order valence-electron chi connectivity index (χ4n) is 3.54. The molecule has 0 radical (unpaired) electrons. The number of aliphatic carboxylic acids is 1. The molecule has 0 fully saturated rings. The molecule has 1 amide bonds. The zero-order valence-electron chi connectivity index (χ0n) is 15.3. The fraction of sp³-hybridized carbons (Fsp3) is 0.333. The number of amides is 1. The van der Waals surface area contributed by atoms with Gasteiger partial charge in [0, 0.05) is 5.92 Å². The van der Waals surface area contributed by atoms with E-state index in [9.17, 15) is 14.7 Å². The number of aliphatic hydroxyl groups is 1. The normalized spacial score (nSPS) is 15.0. The first-order valence-electron chi connectivity index (χ1n) is 8.92. The third-order valence-corrected chi connectivity index (χ3v) is 4.94. The Labute approximate surface area is 157 Å². The van der Waals surface area contributed by atoms with Gasteiger partial charge >= 0.3 is 12.1 Å². The number of ether oxygens (including phenoxy) is 1. The summed E-state index contributed by atoms with van der Waals surface area (Å²) in [7, 11) is 0. The number of nitrogens with one attached hydrogen (secondary N) is 1. The molecule has 0 saturated heterocycles. The summed E-state index contributed by atoms with van der Waals surface area (Å²) in [6, 6.07) is 15.1. The lowest BCUT2D eigenvalue weighted by Crippen LogP contribution is -2.50. The number of hydrogen-bond donors (Lipinski definition) is 3. The zero-order valence-corrected chi connectivity index (χ0v) is 15.3. The van der Waals surface area contributed by atoms with Crippen molar-refractivity contribution in [3.63, 3.8) is 0 Å². The molecule has 0 bridgehead atoms. The van der Waals surface area contributed by atoms with E-state index in [1.54, 1.807) is 13.8 Å². The van der Waals surface area contributed by atoms with E-state index in [0.717, 1.165) is 22.3 Å². The van der Waals surface area contributed by atoms with Gasteiger partial charge in [0.15, 0.2) is 6.10 Å². The van der Waals surface area contributed by atoms with Crippen LogP contribution >= 0.6 is 0 Å². The second-order valence-corrected chi connectivity index (χ2v) is 7.02. The highest BCUT2D eigenvalue weighted by atomic mass is 16.5. The van der Waals surface area contributed by atoms with Gasteiger partial charge in [-0.3, -0.25) is 0 Å². The Kier molecular flexibility index (Phi) is 5.46. The number of fused-ring (bicyclic) bond motifs is 3. The van der Waals surface area contributed by atoms with E-state index in [1.807, 2.05) is 48.5 Å². The number of rotatable bonds is 6. The summed E-state index contributed by atoms with van der Waals surface area (Å²) in [6.45, 7) is 3.58. The van der Waals surface area contributed by atoms with E-state index in [4.69, 9.17) is 9.84 Å². The second-order valence-electron chi connectivity index (χ2n) is 7.02. The predicted molar refractivity (Wildman–Crippen MR) is 100 cm³/mol. The first-order chi connectivity index (χ1) is 12.9. The van der Waals surface area contributed by atoms with Crippen LogP contribution < -0.4 is 5.32 Å². The van der Waals surface area contributed by atoms with Crippen molar-refractivity contribution >= 4 is 12.1 Å². The summed E-state index contributed by atoms with van der Waals surface area (Å²) in [4.78, 5) is 23.3. The van der Waals surface area contributed by atoms with Crippen LogP contribution in [-0.2, 0) is 9.53 Å². The summed E-state index contributed by atoms with van der Waals surface area (Å²) in [5.41, 5.74) is 4.45. The Bertz CT molecular complexity index is 802. The van der Waals surface area contributed by atoms with E-state index in [2.05, 4.69) is 5.32 Å². The average Bonchev–Trinajstić information content (AvgIpc) is 2.97. The van der Waals surface area contributed by atoms with Crippen LogP contribution in [0.25, 0.3) is 11.1 Å². The molecular weight excluding hydrogens is 346 g/mol. The summed E-state index contributed by atoms with van der Waals surface area (Å²) in [5, 5.41) is 21.2. The third kappa shape index (κ3) is 3.80. The van der Waals surface area contributed by atoms with Crippen LogP contribution in [0.4, 0.5) is 4.79 Å². The highest BCUT2D eigenvalue weighted by Gasteiger charge is 2.32. The lowest BCUT2D eigenvalue weighted by molar-refractivity contribution is -0.148. The van der Waals surface area contributed by atoms with Crippen LogP contribution in [0.2, 0.25) is 0 Å². The summed E-state index contributed by atoms with van der Waals surface area (Å²) in [6.07, 6.45) is -2.43. The Morgan fingerprint density at radius 2 is 1.56 bits per heavy atom. The molecule has 6 nitrogen and oxygen atoms in total. The zero-order chi connectivity index (χ0) is 19.6. The molecule has 0 aliphatic heterocycles. The van der Waals surface area contributed by atoms with Crippen molar-refractivity contribution < 1.29 is 24.5 Å². The first-order valence-corrected chi connectivity index (χ1v) is 8.92. The highest BCUT2D eigenvalue weighted by Crippen LogP contribution is 2.44. The SMILES string of the molecule is CC(C)[C@H](NC(=O)OCC1c2ccccc2-c2ccccc21)[C@H](O)C(=O)O. The summed E-state index contributed by atoms with van der Waals surface area (Å²) in [5.74, 6) is -1.73. The lowest BCUT2D eigenvalue weighted by Gasteiger charge is -2.25. The van der Waals surface area contributed by atoms with E-state index in [-0.39, 0.29) is 18.4 Å². The van der Waals surface area contributed by atoms with Crippen molar-refractivity contribution in [2.45, 2.75) is 31.9 Å². The Morgan fingerprint density at radius 3 is 2.04 bits per heavy atom. The molecule has 0 saturated carbocycles. The average molecular weight is 369 g/mol. The number of aliphatic hydroxyl groups excluding tert-OH is 1. The van der Waals surface area contributed by atoms with E-state index in [0.29, 0.717) is 0 Å². The monoisotopic (exact) mass is 369 g/mol. The van der Waals surface area contributed by atoms with Crippen molar-refractivity contribution in [1.82, 2.24) is 5.32 Å². The van der Waals surface area contributed by atoms with Crippen LogP contribution in [0.5, 0.6) is 0 Å². The predicted octanol–water partition coefficient (Wildman–Crippen LogP) is 3.00. The number of carbonyl (C=O) groups is 2. The third-order valence-electron chi connectivity index (χ3n) is 4.94. The molecule has 3 rings (SSSR count). The van der Waals surface area contributed by atoms with Gasteiger partial charge in [0.1, 0.15) is 6.61 Å². The molecule has 6 heteroatoms. The molecular formula is C21H23NO5. The van der Waals surface area contributed by atoms with Crippen molar-refractivity contribution in [2.24, 2.45) is 5.92 Å². The van der Waals surface area contributed by atoms with Crippen LogP contribution in [0, 0.1) is 5.92 Å². The molecule has 1 aliphatic rings. The number of hydrogen-bond acceptors (Lipinski definition) is 4. The van der Waals surface area contributed by atoms with Gasteiger partial charge in [0.05, 0.1) is 6.04 Å². The lowest BCUT2D eigenvalue weighted by atomic mass is 9.98. The van der Waals surface area contributed by atoms with Gasteiger partial charge < -0.3 is 20.3 Å². The summed E-state index contributed by atoms with van der Waals surface area (Å²) < 4.78 is 5.40. The molecule has 2 aromatic carbocycles.